The Morgan fingerprint density at radius 1 is 1.19 bits per heavy atom. The van der Waals surface area contributed by atoms with Crippen LogP contribution in [-0.2, 0) is 9.59 Å². The van der Waals surface area contributed by atoms with Gasteiger partial charge in [0.15, 0.2) is 0 Å². The molecule has 0 bridgehead atoms. The molecular formula is C20H25N3O2S2. The van der Waals surface area contributed by atoms with Crippen molar-refractivity contribution in [1.82, 2.24) is 9.88 Å². The Kier molecular flexibility index (Phi) is 7.29. The predicted octanol–water partition coefficient (Wildman–Crippen LogP) is 3.57. The maximum atomic E-state index is 12.8. The lowest BCUT2D eigenvalue weighted by Gasteiger charge is -2.27. The number of hydrogen-bond donors (Lipinski definition) is 1. The molecule has 2 heterocycles. The second-order valence-corrected chi connectivity index (χ2v) is 8.51. The summed E-state index contributed by atoms with van der Waals surface area (Å²) in [5.74, 6) is 2.36. The molecule has 1 aliphatic rings. The number of fused-ring (bicyclic) bond motifs is 3. The van der Waals surface area contributed by atoms with E-state index in [-0.39, 0.29) is 18.4 Å². The van der Waals surface area contributed by atoms with Gasteiger partial charge in [-0.15, -0.1) is 0 Å². The Labute approximate surface area is 168 Å². The Morgan fingerprint density at radius 3 is 2.81 bits per heavy atom. The van der Waals surface area contributed by atoms with Crippen LogP contribution in [0.3, 0.4) is 0 Å². The number of para-hydroxylation sites is 2. The zero-order chi connectivity index (χ0) is 19.1. The quantitative estimate of drug-likeness (QED) is 0.685. The van der Waals surface area contributed by atoms with Gasteiger partial charge in [-0.1, -0.05) is 30.8 Å². The molecular weight excluding hydrogens is 378 g/mol. The van der Waals surface area contributed by atoms with Gasteiger partial charge in [0.25, 0.3) is 0 Å². The fraction of sp³-hybridized carbons (Fsp3) is 0.400. The summed E-state index contributed by atoms with van der Waals surface area (Å²) < 4.78 is 2.07. The molecule has 2 aromatic rings. The lowest BCUT2D eigenvalue weighted by Crippen LogP contribution is -2.42. The summed E-state index contributed by atoms with van der Waals surface area (Å²) >= 11 is 3.41. The van der Waals surface area contributed by atoms with Crippen LogP contribution in [0.1, 0.15) is 19.8 Å². The number of anilines is 1. The largest absolute Gasteiger partial charge is 0.355 e. The van der Waals surface area contributed by atoms with E-state index in [1.807, 2.05) is 54.4 Å². The monoisotopic (exact) mass is 403 g/mol. The van der Waals surface area contributed by atoms with Gasteiger partial charge >= 0.3 is 0 Å². The standard InChI is InChI=1S/C20H25N3O2S2/c1-2-12-26-13-6-10-21-18(24)14-23-17-8-4-3-7-16(17)22-11-5-9-20(22)27-15-19(23)25/h3-5,7-9,11H,2,6,10,12-15H2,1H3,(H,21,24). The number of nitrogens with one attached hydrogen (secondary N) is 1. The van der Waals surface area contributed by atoms with Crippen LogP contribution in [0.15, 0.2) is 47.6 Å². The molecule has 0 fully saturated rings. The highest BCUT2D eigenvalue weighted by molar-refractivity contribution is 8.00. The molecule has 2 amide bonds. The number of thioether (sulfide) groups is 2. The first-order valence-electron chi connectivity index (χ1n) is 9.25. The van der Waals surface area contributed by atoms with Gasteiger partial charge in [-0.3, -0.25) is 9.59 Å². The van der Waals surface area contributed by atoms with Crippen LogP contribution in [0.25, 0.3) is 5.69 Å². The van der Waals surface area contributed by atoms with E-state index in [0.29, 0.717) is 12.3 Å². The number of carbonyl (C=O) groups excluding carboxylic acids is 2. The van der Waals surface area contributed by atoms with E-state index in [0.717, 1.165) is 34.3 Å². The van der Waals surface area contributed by atoms with Gasteiger partial charge in [0.1, 0.15) is 6.54 Å². The Bertz CT molecular complexity index is 791. The molecule has 144 valence electrons. The van der Waals surface area contributed by atoms with E-state index >= 15 is 0 Å². The third kappa shape index (κ3) is 5.11. The van der Waals surface area contributed by atoms with Gasteiger partial charge in [-0.2, -0.15) is 11.8 Å². The molecule has 0 saturated heterocycles. The minimum absolute atomic E-state index is 0.0476. The van der Waals surface area contributed by atoms with E-state index in [1.165, 1.54) is 18.2 Å². The fourth-order valence-corrected chi connectivity index (χ4v) is 4.69. The zero-order valence-electron chi connectivity index (χ0n) is 15.5. The SMILES string of the molecule is CCCSCCCNC(=O)CN1C(=O)CSc2cccn2-c2ccccc21. The molecule has 0 radical (unpaired) electrons. The molecule has 1 aliphatic heterocycles. The maximum Gasteiger partial charge on any atom is 0.240 e. The highest BCUT2D eigenvalue weighted by atomic mass is 32.2. The maximum absolute atomic E-state index is 12.8. The first kappa shape index (κ1) is 19.9. The molecule has 27 heavy (non-hydrogen) atoms. The van der Waals surface area contributed by atoms with Gasteiger partial charge in [0.2, 0.25) is 11.8 Å². The van der Waals surface area contributed by atoms with E-state index in [2.05, 4.69) is 16.8 Å². The third-order valence-electron chi connectivity index (χ3n) is 4.23. The van der Waals surface area contributed by atoms with Crippen molar-refractivity contribution >= 4 is 41.0 Å². The van der Waals surface area contributed by atoms with Crippen LogP contribution in [0.4, 0.5) is 5.69 Å². The molecule has 0 unspecified atom stereocenters. The molecule has 0 spiro atoms. The number of carbonyl (C=O) groups is 2. The number of aromatic nitrogens is 1. The van der Waals surface area contributed by atoms with Crippen molar-refractivity contribution in [2.75, 3.05) is 35.2 Å². The Hall–Kier alpha value is -1.86. The van der Waals surface area contributed by atoms with Crippen molar-refractivity contribution in [3.8, 4) is 5.69 Å². The third-order valence-corrected chi connectivity index (χ3v) is 6.52. The van der Waals surface area contributed by atoms with E-state index in [1.54, 1.807) is 4.90 Å². The van der Waals surface area contributed by atoms with Crippen molar-refractivity contribution in [2.24, 2.45) is 0 Å². The lowest BCUT2D eigenvalue weighted by molar-refractivity contribution is -0.122. The van der Waals surface area contributed by atoms with Gasteiger partial charge in [0.05, 0.1) is 22.2 Å². The summed E-state index contributed by atoms with van der Waals surface area (Å²) in [6, 6.07) is 11.7. The van der Waals surface area contributed by atoms with Gasteiger partial charge < -0.3 is 14.8 Å². The summed E-state index contributed by atoms with van der Waals surface area (Å²) in [4.78, 5) is 26.8. The Balaban J connectivity index is 1.68. The van der Waals surface area contributed by atoms with Gasteiger partial charge in [-0.05, 0) is 48.6 Å². The van der Waals surface area contributed by atoms with Crippen LogP contribution in [-0.4, -0.2) is 46.7 Å². The van der Waals surface area contributed by atoms with Crippen molar-refractivity contribution in [1.29, 1.82) is 0 Å². The molecule has 1 aromatic heterocycles. The molecule has 3 rings (SSSR count). The minimum atomic E-state index is -0.114. The van der Waals surface area contributed by atoms with Gasteiger partial charge in [-0.25, -0.2) is 0 Å². The van der Waals surface area contributed by atoms with E-state index < -0.39 is 0 Å². The number of hydrogen-bond acceptors (Lipinski definition) is 4. The second-order valence-electron chi connectivity index (χ2n) is 6.29. The summed E-state index contributed by atoms with van der Waals surface area (Å²) in [6.45, 7) is 2.87. The van der Waals surface area contributed by atoms with Crippen LogP contribution in [0, 0.1) is 0 Å². The number of nitrogens with zero attached hydrogens (tertiary/aromatic N) is 2. The molecule has 1 N–H and O–H groups in total. The van der Waals surface area contributed by atoms with Crippen LogP contribution >= 0.6 is 23.5 Å². The summed E-state index contributed by atoms with van der Waals surface area (Å²) in [5, 5.41) is 3.98. The molecule has 0 atom stereocenters. The molecule has 0 aliphatic carbocycles. The average molecular weight is 404 g/mol. The zero-order valence-corrected chi connectivity index (χ0v) is 17.2. The van der Waals surface area contributed by atoms with Crippen LogP contribution in [0.2, 0.25) is 0 Å². The van der Waals surface area contributed by atoms with Crippen molar-refractivity contribution in [2.45, 2.75) is 24.8 Å². The topological polar surface area (TPSA) is 54.3 Å². The van der Waals surface area contributed by atoms with E-state index in [9.17, 15) is 9.59 Å². The number of benzene rings is 1. The normalized spacial score (nSPS) is 13.5. The number of amides is 2. The van der Waals surface area contributed by atoms with Crippen LogP contribution in [0.5, 0.6) is 0 Å². The fourth-order valence-electron chi connectivity index (χ4n) is 2.95. The van der Waals surface area contributed by atoms with Crippen molar-refractivity contribution in [3.05, 3.63) is 42.6 Å². The molecule has 5 nitrogen and oxygen atoms in total. The van der Waals surface area contributed by atoms with Crippen LogP contribution < -0.4 is 10.2 Å². The summed E-state index contributed by atoms with van der Waals surface area (Å²) in [6.07, 6.45) is 4.11. The highest BCUT2D eigenvalue weighted by Crippen LogP contribution is 2.32. The lowest BCUT2D eigenvalue weighted by atomic mass is 10.2. The number of rotatable bonds is 8. The first-order chi connectivity index (χ1) is 13.2. The summed E-state index contributed by atoms with van der Waals surface area (Å²) in [7, 11) is 0. The van der Waals surface area contributed by atoms with E-state index in [4.69, 9.17) is 0 Å². The molecule has 1 aromatic carbocycles. The molecule has 7 heteroatoms. The van der Waals surface area contributed by atoms with Crippen molar-refractivity contribution < 1.29 is 9.59 Å². The molecule has 0 saturated carbocycles. The Morgan fingerprint density at radius 2 is 2.00 bits per heavy atom. The van der Waals surface area contributed by atoms with Crippen molar-refractivity contribution in [3.63, 3.8) is 0 Å². The smallest absolute Gasteiger partial charge is 0.240 e. The average Bonchev–Trinajstić information content (AvgIpc) is 3.14. The minimum Gasteiger partial charge on any atom is -0.355 e. The summed E-state index contributed by atoms with van der Waals surface area (Å²) in [5.41, 5.74) is 1.69. The first-order valence-corrected chi connectivity index (χ1v) is 11.4. The van der Waals surface area contributed by atoms with Gasteiger partial charge in [0, 0.05) is 12.7 Å². The highest BCUT2D eigenvalue weighted by Gasteiger charge is 2.25. The predicted molar refractivity (Wildman–Crippen MR) is 114 cm³/mol. The second kappa shape index (κ2) is 9.90.